The molecule has 0 amide bonds. The highest BCUT2D eigenvalue weighted by molar-refractivity contribution is 5.82. The van der Waals surface area contributed by atoms with E-state index < -0.39 is 5.41 Å². The minimum atomic E-state index is -0.879. The number of carbonyl (C=O) groups excluding carboxylic acids is 2. The fourth-order valence-corrected chi connectivity index (χ4v) is 11.9. The molecule has 9 atom stereocenters. The van der Waals surface area contributed by atoms with E-state index in [1.165, 1.54) is 64.9 Å². The summed E-state index contributed by atoms with van der Waals surface area (Å²) in [6.45, 7) is 16.1. The van der Waals surface area contributed by atoms with E-state index in [1.807, 2.05) is 0 Å². The normalized spacial score (nSPS) is 46.5. The first-order valence-electron chi connectivity index (χ1n) is 15.9. The lowest BCUT2D eigenvalue weighted by atomic mass is 9.32. The highest BCUT2D eigenvalue weighted by Gasteiger charge is 2.70. The lowest BCUT2D eigenvalue weighted by molar-refractivity contribution is -0.245. The Morgan fingerprint density at radius 2 is 1.56 bits per heavy atom. The largest absolute Gasteiger partial charge is 0.469 e. The van der Waals surface area contributed by atoms with Crippen LogP contribution in [0.4, 0.5) is 0 Å². The first-order chi connectivity index (χ1) is 18.1. The molecule has 0 aliphatic heterocycles. The first kappa shape index (κ1) is 29.0. The van der Waals surface area contributed by atoms with Gasteiger partial charge in [-0.15, -0.1) is 6.42 Å². The number of methoxy groups -OCH3 is 1. The Morgan fingerprint density at radius 1 is 0.846 bits per heavy atom. The summed E-state index contributed by atoms with van der Waals surface area (Å²) in [5.41, 5.74) is 0.112. The molecule has 0 aromatic heterocycles. The molecular weight excluding hydrogens is 484 g/mol. The fourth-order valence-electron chi connectivity index (χ4n) is 11.9. The highest BCUT2D eigenvalue weighted by Crippen LogP contribution is 2.76. The molecule has 218 valence electrons. The van der Waals surface area contributed by atoms with Gasteiger partial charge in [0.25, 0.3) is 0 Å². The topological polar surface area (TPSA) is 52.6 Å². The number of hydrogen-bond acceptors (Lipinski definition) is 4. The molecule has 3 unspecified atom stereocenters. The summed E-state index contributed by atoms with van der Waals surface area (Å²) in [6.07, 6.45) is 19.7. The van der Waals surface area contributed by atoms with Crippen molar-refractivity contribution < 1.29 is 19.1 Å². The highest BCUT2D eigenvalue weighted by atomic mass is 16.5. The van der Waals surface area contributed by atoms with Crippen LogP contribution in [0.2, 0.25) is 0 Å². The lowest BCUT2D eigenvalue weighted by Gasteiger charge is -2.72. The van der Waals surface area contributed by atoms with Gasteiger partial charge in [0, 0.05) is 10.8 Å². The third-order valence-corrected chi connectivity index (χ3v) is 14.2. The number of carbonyl (C=O) groups is 2. The predicted octanol–water partition coefficient (Wildman–Crippen LogP) is 7.98. The van der Waals surface area contributed by atoms with Crippen molar-refractivity contribution in [1.29, 1.82) is 0 Å². The maximum Gasteiger partial charge on any atom is 0.311 e. The van der Waals surface area contributed by atoms with Crippen LogP contribution in [0, 0.1) is 68.5 Å². The summed E-state index contributed by atoms with van der Waals surface area (Å²) in [5.74, 6) is 5.39. The molecule has 0 saturated heterocycles. The van der Waals surface area contributed by atoms with Crippen LogP contribution in [0.5, 0.6) is 0 Å². The lowest BCUT2D eigenvalue weighted by Crippen LogP contribution is -2.66. The second-order valence-corrected chi connectivity index (χ2v) is 16.4. The van der Waals surface area contributed by atoms with E-state index in [9.17, 15) is 9.59 Å². The van der Waals surface area contributed by atoms with Gasteiger partial charge in [-0.25, -0.2) is 0 Å². The van der Waals surface area contributed by atoms with E-state index in [4.69, 9.17) is 15.9 Å². The van der Waals surface area contributed by atoms with Crippen molar-refractivity contribution in [2.24, 2.45) is 56.2 Å². The Morgan fingerprint density at radius 3 is 2.23 bits per heavy atom. The van der Waals surface area contributed by atoms with Crippen LogP contribution in [-0.4, -0.2) is 25.2 Å². The number of terminal acetylenes is 1. The smallest absolute Gasteiger partial charge is 0.311 e. The quantitative estimate of drug-likeness (QED) is 0.269. The van der Waals surface area contributed by atoms with Crippen LogP contribution < -0.4 is 0 Å². The number of ether oxygens (including phenoxy) is 2. The summed E-state index contributed by atoms with van der Waals surface area (Å²) in [7, 11) is 1.37. The Balaban J connectivity index is 1.37. The number of fused-ring (bicyclic) bond motifs is 7. The molecule has 39 heavy (non-hydrogen) atoms. The Hall–Kier alpha value is -1.50. The third kappa shape index (κ3) is 3.98. The maximum absolute atomic E-state index is 13.1. The fraction of sp³-hybridized carbons (Fsp3) is 0.886. The van der Waals surface area contributed by atoms with Crippen LogP contribution in [0.3, 0.4) is 0 Å². The predicted molar refractivity (Wildman–Crippen MR) is 154 cm³/mol. The van der Waals surface area contributed by atoms with Crippen molar-refractivity contribution in [2.75, 3.05) is 7.11 Å². The summed E-state index contributed by atoms with van der Waals surface area (Å²) < 4.78 is 11.1. The summed E-state index contributed by atoms with van der Waals surface area (Å²) in [4.78, 5) is 25.2. The number of hydrogen-bond donors (Lipinski definition) is 0. The first-order valence-corrected chi connectivity index (χ1v) is 15.9. The van der Waals surface area contributed by atoms with Gasteiger partial charge < -0.3 is 9.47 Å². The average Bonchev–Trinajstić information content (AvgIpc) is 3.30. The van der Waals surface area contributed by atoms with Crippen molar-refractivity contribution in [3.63, 3.8) is 0 Å². The summed E-state index contributed by atoms with van der Waals surface area (Å²) in [5, 5.41) is 0. The van der Waals surface area contributed by atoms with Crippen LogP contribution in [-0.2, 0) is 19.1 Å². The molecule has 4 nitrogen and oxygen atoms in total. The minimum absolute atomic E-state index is 0.0505. The van der Waals surface area contributed by atoms with Crippen LogP contribution in [0.1, 0.15) is 126 Å². The van der Waals surface area contributed by atoms with Crippen LogP contribution in [0.15, 0.2) is 0 Å². The molecule has 4 heteroatoms. The van der Waals surface area contributed by atoms with Crippen molar-refractivity contribution in [3.05, 3.63) is 0 Å². The Labute approximate surface area is 238 Å². The molecule has 5 rings (SSSR count). The standard InChI is InChI=1S/C35H54O4/c1-10-35-17-11-12-24(35)23-13-14-26-32(6)18-16-27(39-28(36)22-30(2,3)29(37)38-9)31(4,5)25(32)15-19-34(26,8)33(23,7)20-21-35/h1,23-27H,11-22H2,2-9H3/t23?,24-,25?,26?,27+,32+,33-,34-,35-/m1/s1. The molecule has 0 N–H and O–H groups in total. The van der Waals surface area contributed by atoms with Gasteiger partial charge in [0.1, 0.15) is 6.10 Å². The third-order valence-electron chi connectivity index (χ3n) is 14.2. The monoisotopic (exact) mass is 538 g/mol. The summed E-state index contributed by atoms with van der Waals surface area (Å²) >= 11 is 0. The van der Waals surface area contributed by atoms with E-state index in [0.717, 1.165) is 18.8 Å². The molecule has 0 heterocycles. The van der Waals surface area contributed by atoms with Gasteiger partial charge in [-0.3, -0.25) is 9.59 Å². The Kier molecular flexibility index (Phi) is 6.88. The van der Waals surface area contributed by atoms with Gasteiger partial charge in [-0.2, -0.15) is 0 Å². The molecule has 0 radical (unpaired) electrons. The van der Waals surface area contributed by atoms with E-state index in [1.54, 1.807) is 13.8 Å². The van der Waals surface area contributed by atoms with Gasteiger partial charge in [0.05, 0.1) is 18.9 Å². The van der Waals surface area contributed by atoms with E-state index in [0.29, 0.717) is 28.6 Å². The summed E-state index contributed by atoms with van der Waals surface area (Å²) in [6, 6.07) is 0. The maximum atomic E-state index is 13.1. The number of rotatable bonds is 4. The van der Waals surface area contributed by atoms with Gasteiger partial charge in [-0.1, -0.05) is 47.0 Å². The van der Waals surface area contributed by atoms with Crippen molar-refractivity contribution in [3.8, 4) is 12.3 Å². The van der Waals surface area contributed by atoms with Crippen molar-refractivity contribution >= 4 is 11.9 Å². The average molecular weight is 539 g/mol. The second-order valence-electron chi connectivity index (χ2n) is 16.4. The van der Waals surface area contributed by atoms with Crippen molar-refractivity contribution in [2.45, 2.75) is 132 Å². The van der Waals surface area contributed by atoms with Crippen LogP contribution in [0.25, 0.3) is 0 Å². The van der Waals surface area contributed by atoms with Gasteiger partial charge in [-0.05, 0) is 118 Å². The van der Waals surface area contributed by atoms with E-state index in [-0.39, 0.29) is 40.7 Å². The molecule has 5 aliphatic rings. The molecule has 0 aromatic rings. The zero-order valence-corrected chi connectivity index (χ0v) is 26.1. The molecule has 5 saturated carbocycles. The molecule has 0 spiro atoms. The van der Waals surface area contributed by atoms with Gasteiger partial charge >= 0.3 is 11.9 Å². The number of esters is 2. The second kappa shape index (κ2) is 9.25. The van der Waals surface area contributed by atoms with Crippen molar-refractivity contribution in [1.82, 2.24) is 0 Å². The zero-order valence-electron chi connectivity index (χ0n) is 26.1. The minimum Gasteiger partial charge on any atom is -0.469 e. The molecule has 0 bridgehead atoms. The van der Waals surface area contributed by atoms with Gasteiger partial charge in [0.2, 0.25) is 0 Å². The molecule has 5 aliphatic carbocycles. The Bertz CT molecular complexity index is 1050. The molecular formula is C35H54O4. The van der Waals surface area contributed by atoms with Crippen LogP contribution >= 0.6 is 0 Å². The molecule has 0 aromatic carbocycles. The van der Waals surface area contributed by atoms with Gasteiger partial charge in [0.15, 0.2) is 0 Å². The SMILES string of the molecule is C#C[C@]12CCC[C@@H]1C1CCC3[C@@]4(C)CC[C@H](OC(=O)CC(C)(C)C(=O)OC)C(C)(C)C4CC[C@@]3(C)[C@]1(C)CC2. The zero-order chi connectivity index (χ0) is 28.6. The van der Waals surface area contributed by atoms with E-state index >= 15 is 0 Å². The molecule has 5 fully saturated rings. The van der Waals surface area contributed by atoms with E-state index in [2.05, 4.69) is 40.5 Å².